The molecule has 0 unspecified atom stereocenters. The average molecular weight is 518 g/mol. The average Bonchev–Trinajstić information content (AvgIpc) is 3.36. The van der Waals surface area contributed by atoms with Gasteiger partial charge in [0.25, 0.3) is 11.8 Å². The minimum absolute atomic E-state index is 0.0786. The standard InChI is InChI=1S/C20H15IN4O5/c1-29-12-3-2-10-8-25(17(26)13(10)6-12)9-20(18(27)23-19(28)24-20)15-4-11-5-16(21)22-7-14(11)30-15/h2-7H,8-9H2,1H3,(H2,23,24,27,28)/t20-/m0/s1. The van der Waals surface area contributed by atoms with Crippen LogP contribution in [0.25, 0.3) is 11.0 Å². The summed E-state index contributed by atoms with van der Waals surface area (Å²) in [5, 5.41) is 5.69. The lowest BCUT2D eigenvalue weighted by molar-refractivity contribution is -0.125. The Labute approximate surface area is 183 Å². The second-order valence-corrected chi connectivity index (χ2v) is 8.26. The van der Waals surface area contributed by atoms with E-state index < -0.39 is 17.5 Å². The molecule has 2 aliphatic rings. The van der Waals surface area contributed by atoms with E-state index in [1.807, 2.05) is 12.1 Å². The van der Waals surface area contributed by atoms with E-state index in [0.717, 1.165) is 14.7 Å². The van der Waals surface area contributed by atoms with E-state index in [1.54, 1.807) is 24.4 Å². The molecule has 10 heteroatoms. The number of methoxy groups -OCH3 is 1. The summed E-state index contributed by atoms with van der Waals surface area (Å²) < 4.78 is 11.9. The monoisotopic (exact) mass is 518 g/mol. The molecule has 152 valence electrons. The number of carbonyl (C=O) groups excluding carboxylic acids is 3. The second-order valence-electron chi connectivity index (χ2n) is 7.15. The Bertz CT molecular complexity index is 1240. The Hall–Kier alpha value is -3.15. The van der Waals surface area contributed by atoms with Gasteiger partial charge in [-0.05, 0) is 52.4 Å². The molecule has 4 amide bonds. The molecule has 0 saturated carbocycles. The molecule has 4 heterocycles. The molecule has 0 bridgehead atoms. The number of urea groups is 1. The molecule has 0 radical (unpaired) electrons. The van der Waals surface area contributed by atoms with Crippen LogP contribution in [0.2, 0.25) is 0 Å². The third kappa shape index (κ3) is 2.82. The van der Waals surface area contributed by atoms with Crippen LogP contribution in [0, 0.1) is 3.70 Å². The minimum atomic E-state index is -1.54. The molecule has 3 aromatic rings. The van der Waals surface area contributed by atoms with Crippen LogP contribution in [-0.4, -0.2) is 41.4 Å². The minimum Gasteiger partial charge on any atom is -0.497 e. The maximum Gasteiger partial charge on any atom is 0.322 e. The van der Waals surface area contributed by atoms with Crippen LogP contribution in [0.3, 0.4) is 0 Å². The number of amides is 4. The van der Waals surface area contributed by atoms with Crippen molar-refractivity contribution in [1.29, 1.82) is 0 Å². The zero-order chi connectivity index (χ0) is 21.0. The fourth-order valence-corrected chi connectivity index (χ4v) is 4.34. The zero-order valence-electron chi connectivity index (χ0n) is 15.7. The number of imide groups is 1. The van der Waals surface area contributed by atoms with Gasteiger partial charge in [-0.25, -0.2) is 9.78 Å². The fraction of sp³-hybridized carbons (Fsp3) is 0.200. The second kappa shape index (κ2) is 6.69. The number of ether oxygens (including phenoxy) is 1. The van der Waals surface area contributed by atoms with Gasteiger partial charge in [0.2, 0.25) is 0 Å². The van der Waals surface area contributed by atoms with Crippen LogP contribution in [0.5, 0.6) is 5.75 Å². The van der Waals surface area contributed by atoms with Crippen molar-refractivity contribution in [3.8, 4) is 5.75 Å². The fourth-order valence-electron chi connectivity index (χ4n) is 3.86. The number of fused-ring (bicyclic) bond motifs is 2. The number of rotatable bonds is 4. The summed E-state index contributed by atoms with van der Waals surface area (Å²) in [7, 11) is 1.53. The Kier molecular flexibility index (Phi) is 4.20. The van der Waals surface area contributed by atoms with Crippen LogP contribution in [0.1, 0.15) is 21.7 Å². The van der Waals surface area contributed by atoms with E-state index in [4.69, 9.17) is 9.15 Å². The zero-order valence-corrected chi connectivity index (χ0v) is 17.8. The topological polar surface area (TPSA) is 114 Å². The molecule has 30 heavy (non-hydrogen) atoms. The molecule has 2 aliphatic heterocycles. The molecule has 2 N–H and O–H groups in total. The highest BCUT2D eigenvalue weighted by atomic mass is 127. The van der Waals surface area contributed by atoms with Crippen molar-refractivity contribution in [3.05, 3.63) is 57.1 Å². The van der Waals surface area contributed by atoms with Crippen LogP contribution in [0.15, 0.2) is 40.9 Å². The molecule has 1 saturated heterocycles. The summed E-state index contributed by atoms with van der Waals surface area (Å²) >= 11 is 2.08. The highest BCUT2D eigenvalue weighted by Gasteiger charge is 2.53. The van der Waals surface area contributed by atoms with Gasteiger partial charge in [-0.3, -0.25) is 14.9 Å². The molecule has 0 aliphatic carbocycles. The SMILES string of the molecule is COc1ccc2c(c1)C(=O)N(C[C@@]1(c3cc4cc(I)ncc4o3)NC(=O)NC1=O)C2. The normalized spacial score (nSPS) is 20.5. The van der Waals surface area contributed by atoms with Gasteiger partial charge in [-0.1, -0.05) is 6.07 Å². The predicted molar refractivity (Wildman–Crippen MR) is 113 cm³/mol. The van der Waals surface area contributed by atoms with E-state index in [0.29, 0.717) is 23.4 Å². The maximum atomic E-state index is 13.0. The molecule has 1 aromatic carbocycles. The van der Waals surface area contributed by atoms with E-state index in [2.05, 4.69) is 38.2 Å². The smallest absolute Gasteiger partial charge is 0.322 e. The highest BCUT2D eigenvalue weighted by molar-refractivity contribution is 14.1. The highest BCUT2D eigenvalue weighted by Crippen LogP contribution is 2.35. The van der Waals surface area contributed by atoms with Gasteiger partial charge in [0.1, 0.15) is 15.2 Å². The van der Waals surface area contributed by atoms with Gasteiger partial charge in [0.05, 0.1) is 19.9 Å². The lowest BCUT2D eigenvalue weighted by Crippen LogP contribution is -2.52. The predicted octanol–water partition coefficient (Wildman–Crippen LogP) is 2.13. The lowest BCUT2D eigenvalue weighted by atomic mass is 9.95. The summed E-state index contributed by atoms with van der Waals surface area (Å²) in [4.78, 5) is 43.7. The summed E-state index contributed by atoms with van der Waals surface area (Å²) in [6, 6.07) is 8.14. The molecule has 2 aromatic heterocycles. The Morgan fingerprint density at radius 1 is 1.27 bits per heavy atom. The van der Waals surface area contributed by atoms with Crippen molar-refractivity contribution in [2.24, 2.45) is 0 Å². The van der Waals surface area contributed by atoms with Gasteiger partial charge in [-0.2, -0.15) is 0 Å². The molecule has 1 fully saturated rings. The first-order valence-corrected chi connectivity index (χ1v) is 10.1. The van der Waals surface area contributed by atoms with Gasteiger partial charge < -0.3 is 19.4 Å². The largest absolute Gasteiger partial charge is 0.497 e. The molecular weight excluding hydrogens is 503 g/mol. The Balaban J connectivity index is 1.55. The van der Waals surface area contributed by atoms with Crippen molar-refractivity contribution in [2.45, 2.75) is 12.1 Å². The number of pyridine rings is 1. The number of nitrogens with zero attached hydrogens (tertiary/aromatic N) is 2. The first-order valence-electron chi connectivity index (χ1n) is 9.05. The van der Waals surface area contributed by atoms with Crippen molar-refractivity contribution in [1.82, 2.24) is 20.5 Å². The number of hydrogen-bond acceptors (Lipinski definition) is 6. The number of hydrogen-bond donors (Lipinski definition) is 2. The first kappa shape index (κ1) is 18.9. The van der Waals surface area contributed by atoms with Crippen LogP contribution < -0.4 is 15.4 Å². The quantitative estimate of drug-likeness (QED) is 0.311. The third-order valence-electron chi connectivity index (χ3n) is 5.36. The Morgan fingerprint density at radius 2 is 2.10 bits per heavy atom. The third-order valence-corrected chi connectivity index (χ3v) is 5.95. The molecule has 0 spiro atoms. The van der Waals surface area contributed by atoms with Crippen molar-refractivity contribution in [2.75, 3.05) is 13.7 Å². The molecule has 1 atom stereocenters. The number of benzene rings is 1. The number of carbonyl (C=O) groups is 3. The van der Waals surface area contributed by atoms with Gasteiger partial charge in [0.15, 0.2) is 11.1 Å². The summed E-state index contributed by atoms with van der Waals surface area (Å²) in [6.07, 6.45) is 1.56. The number of furan rings is 1. The lowest BCUT2D eigenvalue weighted by Gasteiger charge is -2.29. The summed E-state index contributed by atoms with van der Waals surface area (Å²) in [6.45, 7) is 0.230. The van der Waals surface area contributed by atoms with Crippen LogP contribution >= 0.6 is 22.6 Å². The number of nitrogens with one attached hydrogen (secondary N) is 2. The maximum absolute atomic E-state index is 13.0. The van der Waals surface area contributed by atoms with Gasteiger partial charge in [0, 0.05) is 17.5 Å². The number of aromatic nitrogens is 1. The first-order chi connectivity index (χ1) is 14.4. The van der Waals surface area contributed by atoms with E-state index in [1.165, 1.54) is 12.0 Å². The van der Waals surface area contributed by atoms with Crippen LogP contribution in [0.4, 0.5) is 4.79 Å². The Morgan fingerprint density at radius 3 is 2.83 bits per heavy atom. The van der Waals surface area contributed by atoms with E-state index >= 15 is 0 Å². The van der Waals surface area contributed by atoms with Crippen LogP contribution in [-0.2, 0) is 16.9 Å². The van der Waals surface area contributed by atoms with Crippen molar-refractivity contribution < 1.29 is 23.5 Å². The molecule has 9 nitrogen and oxygen atoms in total. The number of halogens is 1. The molecular formula is C20H15IN4O5. The van der Waals surface area contributed by atoms with Gasteiger partial charge in [-0.15, -0.1) is 0 Å². The van der Waals surface area contributed by atoms with Gasteiger partial charge >= 0.3 is 6.03 Å². The molecule has 5 rings (SSSR count). The van der Waals surface area contributed by atoms with E-state index in [-0.39, 0.29) is 18.2 Å². The van der Waals surface area contributed by atoms with Crippen molar-refractivity contribution >= 4 is 51.4 Å². The van der Waals surface area contributed by atoms with E-state index in [9.17, 15) is 14.4 Å². The van der Waals surface area contributed by atoms with Crippen molar-refractivity contribution in [3.63, 3.8) is 0 Å². The summed E-state index contributed by atoms with van der Waals surface area (Å²) in [5.74, 6) is -0.00366. The summed E-state index contributed by atoms with van der Waals surface area (Å²) in [5.41, 5.74) is 0.282.